The number of amides is 4. The van der Waals surface area contributed by atoms with Gasteiger partial charge in [0.25, 0.3) is 0 Å². The molecule has 3 N–H and O–H groups in total. The van der Waals surface area contributed by atoms with E-state index in [4.69, 9.17) is 5.73 Å². The van der Waals surface area contributed by atoms with Crippen LogP contribution in [0, 0.1) is 5.41 Å². The highest BCUT2D eigenvalue weighted by Gasteiger charge is 2.42. The van der Waals surface area contributed by atoms with Crippen molar-refractivity contribution in [3.05, 3.63) is 30.1 Å². The van der Waals surface area contributed by atoms with Crippen molar-refractivity contribution in [1.29, 1.82) is 0 Å². The van der Waals surface area contributed by atoms with Crippen molar-refractivity contribution < 1.29 is 14.4 Å². The number of nitrogens with one attached hydrogen (secondary N) is 1. The van der Waals surface area contributed by atoms with Gasteiger partial charge in [-0.15, -0.1) is 0 Å². The van der Waals surface area contributed by atoms with Crippen LogP contribution in [0.25, 0.3) is 0 Å². The topological polar surface area (TPSA) is 109 Å². The van der Waals surface area contributed by atoms with Gasteiger partial charge in [-0.2, -0.15) is 0 Å². The van der Waals surface area contributed by atoms with E-state index in [0.717, 1.165) is 31.4 Å². The number of piperidine rings is 2. The quantitative estimate of drug-likeness (QED) is 0.784. The third kappa shape index (κ3) is 4.96. The summed E-state index contributed by atoms with van der Waals surface area (Å²) in [5.74, 6) is 0.0558. The van der Waals surface area contributed by atoms with E-state index in [9.17, 15) is 14.4 Å². The van der Waals surface area contributed by atoms with Crippen LogP contribution in [0.15, 0.2) is 24.4 Å². The Bertz CT molecular complexity index is 696. The molecule has 1 atom stereocenters. The largest absolute Gasteiger partial charge is 0.352 e. The van der Waals surface area contributed by atoms with Crippen molar-refractivity contribution in [3.8, 4) is 0 Å². The number of nitrogens with zero attached hydrogens (tertiary/aromatic N) is 3. The highest BCUT2D eigenvalue weighted by molar-refractivity contribution is 5.83. The van der Waals surface area contributed by atoms with E-state index in [-0.39, 0.29) is 23.8 Å². The van der Waals surface area contributed by atoms with E-state index >= 15 is 0 Å². The van der Waals surface area contributed by atoms with Crippen LogP contribution < -0.4 is 11.1 Å². The maximum atomic E-state index is 12.4. The van der Waals surface area contributed by atoms with Crippen molar-refractivity contribution in [2.45, 2.75) is 32.1 Å². The highest BCUT2D eigenvalue weighted by Crippen LogP contribution is 2.38. The minimum absolute atomic E-state index is 0.0569. The molecule has 2 fully saturated rings. The molecular formula is C19H27N5O3. The highest BCUT2D eigenvalue weighted by atomic mass is 16.2. The second-order valence-electron chi connectivity index (χ2n) is 7.52. The molecule has 3 heterocycles. The summed E-state index contributed by atoms with van der Waals surface area (Å²) in [6.07, 6.45) is 5.73. The van der Waals surface area contributed by atoms with Gasteiger partial charge in [0.05, 0.1) is 6.54 Å². The Labute approximate surface area is 159 Å². The number of hydrogen-bond acceptors (Lipinski definition) is 4. The van der Waals surface area contributed by atoms with E-state index in [1.54, 1.807) is 11.1 Å². The minimum atomic E-state index is -0.695. The van der Waals surface area contributed by atoms with Crippen LogP contribution in [0.1, 0.15) is 31.4 Å². The molecule has 0 aliphatic carbocycles. The number of rotatable bonds is 5. The summed E-state index contributed by atoms with van der Waals surface area (Å²) in [7, 11) is 0. The monoisotopic (exact) mass is 373 g/mol. The molecule has 4 amide bonds. The summed E-state index contributed by atoms with van der Waals surface area (Å²) in [6.45, 7) is 2.55. The zero-order valence-corrected chi connectivity index (χ0v) is 15.5. The lowest BCUT2D eigenvalue weighted by atomic mass is 9.73. The van der Waals surface area contributed by atoms with Crippen LogP contribution in [0.3, 0.4) is 0 Å². The Hall–Kier alpha value is -2.64. The van der Waals surface area contributed by atoms with Crippen LogP contribution >= 0.6 is 0 Å². The second kappa shape index (κ2) is 8.37. The molecule has 1 aromatic heterocycles. The Kier molecular flexibility index (Phi) is 5.93. The number of nitrogens with two attached hydrogens (primary N) is 1. The Morgan fingerprint density at radius 1 is 1.26 bits per heavy atom. The third-order valence-corrected chi connectivity index (χ3v) is 5.54. The molecule has 0 saturated carbocycles. The van der Waals surface area contributed by atoms with Crippen molar-refractivity contribution in [2.24, 2.45) is 11.1 Å². The van der Waals surface area contributed by atoms with E-state index < -0.39 is 6.03 Å². The maximum absolute atomic E-state index is 12.4. The summed E-state index contributed by atoms with van der Waals surface area (Å²) in [4.78, 5) is 43.6. The van der Waals surface area contributed by atoms with Gasteiger partial charge in [0, 0.05) is 56.3 Å². The molecule has 2 aliphatic heterocycles. The number of primary amides is 1. The predicted octanol–water partition coefficient (Wildman–Crippen LogP) is 0.524. The number of likely N-dealkylation sites (tertiary alicyclic amines) is 2. The SMILES string of the molecule is NC(=O)NCC(=O)N1CCCC2(CCC(=O)N(CCc3ccccn3)C2)C1. The molecule has 2 aliphatic rings. The van der Waals surface area contributed by atoms with Crippen molar-refractivity contribution in [3.63, 3.8) is 0 Å². The number of carbonyl (C=O) groups excluding carboxylic acids is 3. The Morgan fingerprint density at radius 3 is 2.85 bits per heavy atom. The smallest absolute Gasteiger partial charge is 0.312 e. The normalized spacial score (nSPS) is 22.7. The molecular weight excluding hydrogens is 346 g/mol. The van der Waals surface area contributed by atoms with Crippen molar-refractivity contribution in [1.82, 2.24) is 20.1 Å². The molecule has 8 heteroatoms. The van der Waals surface area contributed by atoms with Crippen LogP contribution in [-0.2, 0) is 16.0 Å². The molecule has 3 rings (SSSR count). The molecule has 0 aromatic carbocycles. The molecule has 27 heavy (non-hydrogen) atoms. The number of pyridine rings is 1. The van der Waals surface area contributed by atoms with Gasteiger partial charge < -0.3 is 20.9 Å². The van der Waals surface area contributed by atoms with Gasteiger partial charge >= 0.3 is 6.03 Å². The lowest BCUT2D eigenvalue weighted by Gasteiger charge is -2.48. The second-order valence-corrected chi connectivity index (χ2v) is 7.52. The summed E-state index contributed by atoms with van der Waals surface area (Å²) >= 11 is 0. The van der Waals surface area contributed by atoms with E-state index in [0.29, 0.717) is 32.6 Å². The van der Waals surface area contributed by atoms with Crippen LogP contribution in [-0.4, -0.2) is 65.4 Å². The molecule has 8 nitrogen and oxygen atoms in total. The van der Waals surface area contributed by atoms with Crippen molar-refractivity contribution >= 4 is 17.8 Å². The molecule has 0 bridgehead atoms. The third-order valence-electron chi connectivity index (χ3n) is 5.54. The molecule has 1 unspecified atom stereocenters. The molecule has 2 saturated heterocycles. The Morgan fingerprint density at radius 2 is 2.11 bits per heavy atom. The lowest BCUT2D eigenvalue weighted by molar-refractivity contribution is -0.142. The summed E-state index contributed by atoms with van der Waals surface area (Å²) in [5.41, 5.74) is 5.97. The van der Waals surface area contributed by atoms with Crippen LogP contribution in [0.2, 0.25) is 0 Å². The van der Waals surface area contributed by atoms with Crippen LogP contribution in [0.5, 0.6) is 0 Å². The number of hydrogen-bond donors (Lipinski definition) is 2. The first-order chi connectivity index (χ1) is 13.0. The van der Waals surface area contributed by atoms with E-state index in [2.05, 4.69) is 10.3 Å². The number of urea groups is 1. The number of aromatic nitrogens is 1. The number of carbonyl (C=O) groups is 3. The van der Waals surface area contributed by atoms with Gasteiger partial charge in [0.1, 0.15) is 0 Å². The first-order valence-corrected chi connectivity index (χ1v) is 9.46. The van der Waals surface area contributed by atoms with E-state index in [1.807, 2.05) is 23.1 Å². The zero-order valence-electron chi connectivity index (χ0n) is 15.5. The Balaban J connectivity index is 1.60. The van der Waals surface area contributed by atoms with Gasteiger partial charge in [-0.05, 0) is 31.4 Å². The fourth-order valence-electron chi connectivity index (χ4n) is 4.13. The van der Waals surface area contributed by atoms with Crippen LogP contribution in [0.4, 0.5) is 4.79 Å². The van der Waals surface area contributed by atoms with Gasteiger partial charge in [-0.1, -0.05) is 6.07 Å². The molecule has 0 radical (unpaired) electrons. The van der Waals surface area contributed by atoms with Gasteiger partial charge in [0.2, 0.25) is 11.8 Å². The van der Waals surface area contributed by atoms with Crippen molar-refractivity contribution in [2.75, 3.05) is 32.7 Å². The average Bonchev–Trinajstić information content (AvgIpc) is 2.68. The molecule has 1 aromatic rings. The average molecular weight is 373 g/mol. The summed E-state index contributed by atoms with van der Waals surface area (Å²) in [5, 5.41) is 2.36. The van der Waals surface area contributed by atoms with Gasteiger partial charge in [0.15, 0.2) is 0 Å². The zero-order chi connectivity index (χ0) is 19.3. The predicted molar refractivity (Wildman–Crippen MR) is 99.6 cm³/mol. The standard InChI is InChI=1S/C19H27N5O3/c20-18(27)22-12-17(26)23-10-3-7-19(13-23)8-5-16(25)24(14-19)11-6-15-4-1-2-9-21-15/h1-2,4,9H,3,5-8,10-14H2,(H3,20,22,27). The summed E-state index contributed by atoms with van der Waals surface area (Å²) < 4.78 is 0. The first-order valence-electron chi connectivity index (χ1n) is 9.46. The minimum Gasteiger partial charge on any atom is -0.352 e. The van der Waals surface area contributed by atoms with Gasteiger partial charge in [-0.25, -0.2) is 4.79 Å². The maximum Gasteiger partial charge on any atom is 0.312 e. The lowest BCUT2D eigenvalue weighted by Crippen LogP contribution is -2.56. The fraction of sp³-hybridized carbons (Fsp3) is 0.579. The summed E-state index contributed by atoms with van der Waals surface area (Å²) in [6, 6.07) is 5.11. The van der Waals surface area contributed by atoms with E-state index in [1.165, 1.54) is 0 Å². The fourth-order valence-corrected chi connectivity index (χ4v) is 4.13. The molecule has 1 spiro atoms. The van der Waals surface area contributed by atoms with Gasteiger partial charge in [-0.3, -0.25) is 14.6 Å². The molecule has 146 valence electrons. The first kappa shape index (κ1) is 19.1.